The van der Waals surface area contributed by atoms with Gasteiger partial charge < -0.3 is 71.1 Å². The Labute approximate surface area is 739 Å². The van der Waals surface area contributed by atoms with Crippen LogP contribution >= 0.6 is 15.9 Å². The minimum absolute atomic E-state index is 0. The molecular formula is C69H160NO23P2STi7+. The van der Waals surface area contributed by atoms with Gasteiger partial charge in [0, 0.05) is 219 Å². The average molecular weight is 1800 g/mol. The fourth-order valence-electron chi connectivity index (χ4n) is 2.87. The number of aliphatic hydroxyl groups excluding tert-OH is 8. The van der Waals surface area contributed by atoms with Crippen LogP contribution in [0.4, 0.5) is 0 Å². The summed E-state index contributed by atoms with van der Waals surface area (Å²) >= 11 is 0. The molecule has 24 nitrogen and oxygen atoms in total. The molecule has 34 heteroatoms. The Bertz CT molecular complexity index is 2060. The van der Waals surface area contributed by atoms with Crippen molar-refractivity contribution in [3.05, 3.63) is 120 Å². The van der Waals surface area contributed by atoms with Crippen LogP contribution in [0.25, 0.3) is 0 Å². The number of benzene rings is 3. The number of carboxylic acid groups (broad SMARTS) is 3. The van der Waals surface area contributed by atoms with Crippen molar-refractivity contribution in [2.45, 2.75) is 288 Å². The number of aryl methyl sites for hydroxylation is 1. The maximum Gasteiger partial charge on any atom is 0.515 e. The number of rotatable bonds is 9. The second-order valence-corrected chi connectivity index (χ2v) is 22.3. The molecule has 103 heavy (non-hydrogen) atoms. The van der Waals surface area contributed by atoms with Gasteiger partial charge in [0.15, 0.2) is 6.66 Å². The molecule has 0 radical (unpaired) electrons. The fourth-order valence-corrected chi connectivity index (χ4v) is 4.55. The molecule has 3 rings (SSSR count). The quantitative estimate of drug-likeness (QED) is 0.0311. The van der Waals surface area contributed by atoms with Crippen LogP contribution in [0.15, 0.2) is 109 Å². The number of aliphatic carboxylic acids is 3. The second-order valence-electron chi connectivity index (χ2n) is 18.4. The zero-order valence-corrected chi connectivity index (χ0v) is 69.8. The molecule has 0 spiro atoms. The molecule has 0 aliphatic heterocycles. The number of carboxylic acids is 3. The van der Waals surface area contributed by atoms with Gasteiger partial charge in [-0.3, -0.25) is 14.7 Å². The summed E-state index contributed by atoms with van der Waals surface area (Å²) in [6.45, 7) is 42.9. The number of hydrogen-bond donors (Lipinski definition) is 16. The van der Waals surface area contributed by atoms with Crippen molar-refractivity contribution in [3.63, 3.8) is 0 Å². The second kappa shape index (κ2) is 138. The Kier molecular flexibility index (Phi) is 276. The van der Waals surface area contributed by atoms with Crippen LogP contribution < -0.4 is 5.32 Å². The molecule has 0 saturated carbocycles. The van der Waals surface area contributed by atoms with Crippen molar-refractivity contribution < 1.29 is 264 Å². The first-order chi connectivity index (χ1) is 37.2. The minimum Gasteiger partial charge on any atom is -0.508 e. The minimum atomic E-state index is -4.51. The number of aliphatic hydroxyl groups is 8. The number of nitrogens with one attached hydrogen (secondary N) is 1. The summed E-state index contributed by atoms with van der Waals surface area (Å²) < 4.78 is 52.8. The van der Waals surface area contributed by atoms with Crippen LogP contribution in [0.2, 0.25) is 0 Å². The summed E-state index contributed by atoms with van der Waals surface area (Å²) in [4.78, 5) is 43.6. The third kappa shape index (κ3) is 293. The zero-order valence-electron chi connectivity index (χ0n) is 56.2. The van der Waals surface area contributed by atoms with E-state index in [1.54, 1.807) is 121 Å². The Morgan fingerprint density at radius 2 is 0.748 bits per heavy atom. The van der Waals surface area contributed by atoms with Gasteiger partial charge in [0.05, 0.1) is 11.6 Å². The standard InChI is InChI=1S/C15H16O.C7H8O3S.C4H6O2.C3H9NO.C3H4O2.7C3H8O.C2H4O2.CH4O5P2.13CH4.7Ti/c1-15(2,12-6-4-3-5-7-12)13-8-10-14(16)11-9-13;1-6-2-4-7(5-3-6)11(8,9)10;1-3(2)4(5)6;1-2-4-3-5;1-2-3(4)5;7*1-3(2)4;1-2(3)4;1-7(2)6-8(3,4)5;;;;;;;;;;;;;;;;;;;;/h3-11,16H,1-2H3;2-5H,1H3,(H,8,9,10);1H2,2H3,(H,5,6);4-5H,2-3H2,1H3;2H,1H2,(H,4,5);7*3-4H,1-2H3;1H3,(H,3,4);1H3,(H-,3,4,5);13*1H4;;;;;;;/p+1. The Morgan fingerprint density at radius 3 is 0.874 bits per heavy atom. The van der Waals surface area contributed by atoms with Crippen LogP contribution in [0.5, 0.6) is 5.75 Å². The molecule has 3 aromatic carbocycles. The van der Waals surface area contributed by atoms with Gasteiger partial charge in [0.25, 0.3) is 16.1 Å². The molecule has 1 atom stereocenters. The normalized spacial score (nSPS) is 7.89. The van der Waals surface area contributed by atoms with E-state index < -0.39 is 43.9 Å². The summed E-state index contributed by atoms with van der Waals surface area (Å²) in [7, 11) is -10.7. The Hall–Kier alpha value is 0.110. The zero-order chi connectivity index (χ0) is 69.0. The molecule has 16 N–H and O–H groups in total. The van der Waals surface area contributed by atoms with Crippen LogP contribution in [-0.2, 0) is 195 Å². The monoisotopic (exact) mass is 1800 g/mol. The van der Waals surface area contributed by atoms with Gasteiger partial charge in [-0.2, -0.15) is 8.42 Å². The van der Waals surface area contributed by atoms with Crippen molar-refractivity contribution in [2.24, 2.45) is 0 Å². The number of phenols is 1. The Balaban J connectivity index is -0.0000000190. The molecule has 3 aromatic rings. The predicted molar refractivity (Wildman–Crippen MR) is 418 cm³/mol. The molecule has 0 saturated heterocycles. The summed E-state index contributed by atoms with van der Waals surface area (Å²) in [5, 5.41) is 99.2. The number of aromatic hydroxyl groups is 1. The molecule has 0 fully saturated rings. The van der Waals surface area contributed by atoms with E-state index in [0.717, 1.165) is 31.8 Å². The first-order valence-corrected chi connectivity index (χ1v) is 29.9. The van der Waals surface area contributed by atoms with Gasteiger partial charge in [-0.05, 0) is 162 Å². The van der Waals surface area contributed by atoms with E-state index in [1.165, 1.54) is 30.2 Å². The summed E-state index contributed by atoms with van der Waals surface area (Å²) in [5.41, 5.74) is 3.58. The SMILES string of the molecule is C.C.C.C.C.C.C.C.C.C.C.C.C.C=C(C)C(=O)O.C=CC(=O)O.CC(=O)O.CC(C)(c1ccccc1)c1ccc(O)cc1.CC(C)O.CC(C)O.CC(C)O.CC(C)O.CC(C)O.CC(C)O.CC(C)O.CCNCO.C[P+](=O)OP(=O)(O)O.Cc1ccc(S(=O)(=O)O)cc1.[Ti].[Ti].[Ti].[Ti].[Ti].[Ti].[Ti]. The van der Waals surface area contributed by atoms with Crippen molar-refractivity contribution in [2.75, 3.05) is 19.9 Å². The number of phosphoric acid groups is 1. The molecule has 1 unspecified atom stereocenters. The molecule has 0 heterocycles. The van der Waals surface area contributed by atoms with Gasteiger partial charge in [-0.25, -0.2) is 14.2 Å². The van der Waals surface area contributed by atoms with Crippen LogP contribution in [0, 0.1) is 6.92 Å². The van der Waals surface area contributed by atoms with E-state index in [9.17, 15) is 32.2 Å². The maximum absolute atomic E-state index is 10.5. The predicted octanol–water partition coefficient (Wildman–Crippen LogP) is 16.9. The molecule has 0 amide bonds. The maximum atomic E-state index is 10.5. The van der Waals surface area contributed by atoms with Crippen molar-refractivity contribution in [1.82, 2.24) is 5.32 Å². The average Bonchev–Trinajstić information content (AvgIpc) is 3.26. The number of hydrogen-bond acceptors (Lipinski definition) is 18. The van der Waals surface area contributed by atoms with E-state index in [4.69, 9.17) is 75.3 Å². The molecule has 0 aliphatic rings. The van der Waals surface area contributed by atoms with Crippen LogP contribution in [0.3, 0.4) is 0 Å². The van der Waals surface area contributed by atoms with Gasteiger partial charge >= 0.3 is 27.8 Å². The number of phenolic OH excluding ortho intramolecular Hbond substituents is 1. The van der Waals surface area contributed by atoms with E-state index in [2.05, 4.69) is 60.9 Å². The number of carbonyl (C=O) groups is 3. The third-order valence-electron chi connectivity index (χ3n) is 5.53. The van der Waals surface area contributed by atoms with E-state index in [-0.39, 0.29) is 314 Å². The van der Waals surface area contributed by atoms with Gasteiger partial charge in [-0.1, -0.05) is 191 Å². The van der Waals surface area contributed by atoms with Crippen molar-refractivity contribution in [1.29, 1.82) is 0 Å². The topological polar surface area (TPSA) is 444 Å². The molecular weight excluding hydrogens is 1640 g/mol. The first kappa shape index (κ1) is 207. The van der Waals surface area contributed by atoms with Crippen molar-refractivity contribution >= 4 is 43.9 Å². The summed E-state index contributed by atoms with van der Waals surface area (Å²) in [5.74, 6) is -2.44. The summed E-state index contributed by atoms with van der Waals surface area (Å²) in [6, 6.07) is 23.8. The fraction of sp³-hybridized carbons (Fsp3) is 0.638. The summed E-state index contributed by atoms with van der Waals surface area (Å²) in [6.07, 6.45) is -0.333. The Morgan fingerprint density at radius 1 is 0.544 bits per heavy atom. The van der Waals surface area contributed by atoms with Gasteiger partial charge in [-0.15, -0.1) is 0 Å². The van der Waals surface area contributed by atoms with Crippen molar-refractivity contribution in [3.8, 4) is 5.75 Å². The molecule has 0 aliphatic carbocycles. The van der Waals surface area contributed by atoms with Gasteiger partial charge in [0.2, 0.25) is 0 Å². The largest absolute Gasteiger partial charge is 0.515 e. The molecule has 0 bridgehead atoms. The first-order valence-electron chi connectivity index (χ1n) is 25.3. The van der Waals surface area contributed by atoms with Crippen LogP contribution in [0.1, 0.15) is 245 Å². The van der Waals surface area contributed by atoms with E-state index in [1.807, 2.05) is 32.0 Å². The smallest absolute Gasteiger partial charge is 0.508 e. The van der Waals surface area contributed by atoms with E-state index >= 15 is 0 Å². The molecule has 0 aromatic heterocycles. The van der Waals surface area contributed by atoms with E-state index in [0.29, 0.717) is 5.75 Å². The van der Waals surface area contributed by atoms with Gasteiger partial charge in [0.1, 0.15) is 5.75 Å². The van der Waals surface area contributed by atoms with Crippen LogP contribution in [-0.4, -0.2) is 165 Å². The molecule has 622 valence electrons. The third-order valence-corrected chi connectivity index (χ3v) is 8.16.